The molecule has 35 heavy (non-hydrogen) atoms. The number of rotatable bonds is 9. The van der Waals surface area contributed by atoms with Gasteiger partial charge in [0.2, 0.25) is 5.79 Å². The first-order chi connectivity index (χ1) is 16.2. The number of ketones is 1. The molecule has 0 aromatic heterocycles. The summed E-state index contributed by atoms with van der Waals surface area (Å²) in [6.45, 7) is 15.2. The molecule has 2 aliphatic heterocycles. The molecular weight excluding hydrogens is 450 g/mol. The Morgan fingerprint density at radius 2 is 1.71 bits per heavy atom. The van der Waals surface area contributed by atoms with Crippen LogP contribution in [0.1, 0.15) is 81.1 Å². The molecule has 0 radical (unpaired) electrons. The van der Waals surface area contributed by atoms with Gasteiger partial charge in [-0.15, -0.1) is 0 Å². The summed E-state index contributed by atoms with van der Waals surface area (Å²) in [6, 6.07) is -0.891. The number of hydrogen-bond donors (Lipinski definition) is 2. The van der Waals surface area contributed by atoms with Crippen LogP contribution in [0.2, 0.25) is 0 Å². The summed E-state index contributed by atoms with van der Waals surface area (Å²) in [7, 11) is 0. The lowest BCUT2D eigenvalue weighted by molar-refractivity contribution is -0.269. The number of hydrogen-bond acceptors (Lipinski definition) is 7. The number of likely N-dealkylation sites (tertiary alicyclic amines) is 1. The van der Waals surface area contributed by atoms with E-state index in [4.69, 9.17) is 9.47 Å². The van der Waals surface area contributed by atoms with E-state index >= 15 is 0 Å². The maximum atomic E-state index is 13.3. The van der Waals surface area contributed by atoms with Gasteiger partial charge in [0, 0.05) is 18.4 Å². The zero-order valence-electron chi connectivity index (χ0n) is 22.6. The van der Waals surface area contributed by atoms with Crippen LogP contribution in [0.5, 0.6) is 0 Å². The highest BCUT2D eigenvalue weighted by atomic mass is 16.6. The van der Waals surface area contributed by atoms with Gasteiger partial charge in [0.1, 0.15) is 12.1 Å². The van der Waals surface area contributed by atoms with Gasteiger partial charge >= 0.3 is 5.97 Å². The van der Waals surface area contributed by atoms with E-state index in [0.29, 0.717) is 25.7 Å². The zero-order chi connectivity index (χ0) is 26.7. The van der Waals surface area contributed by atoms with Crippen LogP contribution >= 0.6 is 0 Å². The molecule has 0 aliphatic carbocycles. The molecule has 0 aromatic carbocycles. The first-order valence-electron chi connectivity index (χ1n) is 13.0. The number of esters is 1. The van der Waals surface area contributed by atoms with E-state index in [1.165, 1.54) is 4.90 Å². The van der Waals surface area contributed by atoms with Crippen molar-refractivity contribution in [3.8, 4) is 0 Å². The van der Waals surface area contributed by atoms with Gasteiger partial charge in [0.05, 0.1) is 12.2 Å². The van der Waals surface area contributed by atoms with Gasteiger partial charge in [-0.3, -0.25) is 9.59 Å². The van der Waals surface area contributed by atoms with Gasteiger partial charge < -0.3 is 24.6 Å². The third kappa shape index (κ3) is 6.71. The number of carbonyl (C=O) groups is 3. The van der Waals surface area contributed by atoms with E-state index in [0.717, 1.165) is 5.57 Å². The van der Waals surface area contributed by atoms with E-state index in [9.17, 15) is 24.6 Å². The SMILES string of the molecule is C/C(=C\C(C)C(C)O)C(OC(=O)C1CCCN1C(=O)C(=O)C1(O)OC(C(C)C)CCC1C)C(C)C. The van der Waals surface area contributed by atoms with Crippen LogP contribution in [0.4, 0.5) is 0 Å². The molecule has 2 fully saturated rings. The van der Waals surface area contributed by atoms with Crippen molar-refractivity contribution in [3.05, 3.63) is 11.6 Å². The van der Waals surface area contributed by atoms with Gasteiger partial charge in [0.15, 0.2) is 0 Å². The second kappa shape index (κ2) is 12.0. The largest absolute Gasteiger partial charge is 0.456 e. The Morgan fingerprint density at radius 3 is 2.26 bits per heavy atom. The quantitative estimate of drug-likeness (QED) is 0.287. The number of Topliss-reactive ketones (excluding diaryl/α,β-unsaturated/α-hetero) is 1. The van der Waals surface area contributed by atoms with Crippen molar-refractivity contribution in [2.24, 2.45) is 23.7 Å². The van der Waals surface area contributed by atoms with Crippen molar-refractivity contribution in [1.82, 2.24) is 4.90 Å². The average Bonchev–Trinajstić information content (AvgIpc) is 3.27. The minimum absolute atomic E-state index is 0.0197. The summed E-state index contributed by atoms with van der Waals surface area (Å²) in [4.78, 5) is 40.9. The topological polar surface area (TPSA) is 113 Å². The van der Waals surface area contributed by atoms with Crippen LogP contribution < -0.4 is 0 Å². The molecule has 200 valence electrons. The molecule has 2 aliphatic rings. The molecule has 7 atom stereocenters. The normalized spacial score (nSPS) is 30.3. The fraction of sp³-hybridized carbons (Fsp3) is 0.815. The monoisotopic (exact) mass is 495 g/mol. The Morgan fingerprint density at radius 1 is 1.09 bits per heavy atom. The molecule has 0 aromatic rings. The van der Waals surface area contributed by atoms with Crippen LogP contribution in [-0.4, -0.2) is 69.5 Å². The number of carbonyl (C=O) groups excluding carboxylic acids is 3. The lowest BCUT2D eigenvalue weighted by atomic mass is 9.84. The zero-order valence-corrected chi connectivity index (χ0v) is 22.6. The lowest BCUT2D eigenvalue weighted by Crippen LogP contribution is -2.59. The molecule has 2 N–H and O–H groups in total. The third-order valence-corrected chi connectivity index (χ3v) is 7.52. The Labute approximate surface area is 210 Å². The molecule has 2 saturated heterocycles. The molecule has 1 amide bonds. The smallest absolute Gasteiger partial charge is 0.329 e. The van der Waals surface area contributed by atoms with Crippen LogP contribution in [0, 0.1) is 23.7 Å². The highest BCUT2D eigenvalue weighted by Crippen LogP contribution is 2.36. The van der Waals surface area contributed by atoms with Gasteiger partial charge in [-0.1, -0.05) is 47.6 Å². The van der Waals surface area contributed by atoms with Crippen molar-refractivity contribution < 1.29 is 34.1 Å². The Hall–Kier alpha value is -1.77. The summed E-state index contributed by atoms with van der Waals surface area (Å²) in [5, 5.41) is 21.0. The van der Waals surface area contributed by atoms with E-state index in [2.05, 4.69) is 0 Å². The molecule has 2 rings (SSSR count). The number of aliphatic hydroxyl groups is 2. The summed E-state index contributed by atoms with van der Waals surface area (Å²) < 4.78 is 11.6. The summed E-state index contributed by atoms with van der Waals surface area (Å²) >= 11 is 0. The van der Waals surface area contributed by atoms with E-state index in [1.807, 2.05) is 47.6 Å². The molecular formula is C27H45NO7. The van der Waals surface area contributed by atoms with E-state index in [-0.39, 0.29) is 30.4 Å². The second-order valence-electron chi connectivity index (χ2n) is 11.2. The minimum Gasteiger partial charge on any atom is -0.456 e. The molecule has 0 saturated carbocycles. The van der Waals surface area contributed by atoms with Crippen LogP contribution in [0.25, 0.3) is 0 Å². The number of nitrogens with zero attached hydrogens (tertiary/aromatic N) is 1. The van der Waals surface area contributed by atoms with Gasteiger partial charge in [-0.05, 0) is 56.9 Å². The fourth-order valence-electron chi connectivity index (χ4n) is 4.91. The van der Waals surface area contributed by atoms with Crippen LogP contribution in [0.3, 0.4) is 0 Å². The van der Waals surface area contributed by atoms with Crippen molar-refractivity contribution in [2.75, 3.05) is 6.54 Å². The molecule has 8 heteroatoms. The lowest BCUT2D eigenvalue weighted by Gasteiger charge is -2.42. The van der Waals surface area contributed by atoms with Crippen molar-refractivity contribution in [2.45, 2.75) is 111 Å². The third-order valence-electron chi connectivity index (χ3n) is 7.52. The minimum atomic E-state index is -2.20. The Kier molecular flexibility index (Phi) is 10.1. The number of ether oxygens (including phenoxy) is 2. The predicted octanol–water partition coefficient (Wildman–Crippen LogP) is 3.24. The summed E-state index contributed by atoms with van der Waals surface area (Å²) in [5.41, 5.74) is 0.826. The molecule has 7 unspecified atom stereocenters. The fourth-order valence-corrected chi connectivity index (χ4v) is 4.91. The molecule has 0 bridgehead atoms. The van der Waals surface area contributed by atoms with Crippen molar-refractivity contribution >= 4 is 17.7 Å². The van der Waals surface area contributed by atoms with Crippen LogP contribution in [-0.2, 0) is 23.9 Å². The number of aliphatic hydroxyl groups excluding tert-OH is 1. The van der Waals surface area contributed by atoms with Crippen molar-refractivity contribution in [3.63, 3.8) is 0 Å². The second-order valence-corrected chi connectivity index (χ2v) is 11.2. The first-order valence-corrected chi connectivity index (χ1v) is 13.0. The Bertz CT molecular complexity index is 805. The molecule has 0 spiro atoms. The number of amides is 1. The molecule has 8 nitrogen and oxygen atoms in total. The predicted molar refractivity (Wildman–Crippen MR) is 132 cm³/mol. The highest BCUT2D eigenvalue weighted by molar-refractivity contribution is 6.39. The van der Waals surface area contributed by atoms with Gasteiger partial charge in [-0.2, -0.15) is 0 Å². The standard InChI is InChI=1S/C27H45NO7/c1-15(2)22-12-11-19(7)27(33,35-22)24(30)25(31)28-13-9-10-21(28)26(32)34-23(16(3)4)18(6)14-17(5)20(8)29/h14-17,19-23,29,33H,9-13H2,1-8H3/b18-14+. The molecule has 2 heterocycles. The Balaban J connectivity index is 2.18. The van der Waals surface area contributed by atoms with E-state index < -0.39 is 47.6 Å². The van der Waals surface area contributed by atoms with E-state index in [1.54, 1.807) is 13.8 Å². The van der Waals surface area contributed by atoms with Gasteiger partial charge in [0.25, 0.3) is 11.7 Å². The highest BCUT2D eigenvalue weighted by Gasteiger charge is 2.53. The van der Waals surface area contributed by atoms with Crippen LogP contribution in [0.15, 0.2) is 11.6 Å². The van der Waals surface area contributed by atoms with Crippen molar-refractivity contribution in [1.29, 1.82) is 0 Å². The average molecular weight is 496 g/mol. The summed E-state index contributed by atoms with van der Waals surface area (Å²) in [6.07, 6.45) is 2.74. The first kappa shape index (κ1) is 29.5. The van der Waals surface area contributed by atoms with Gasteiger partial charge in [-0.25, -0.2) is 4.79 Å². The maximum Gasteiger partial charge on any atom is 0.329 e. The summed E-state index contributed by atoms with van der Waals surface area (Å²) in [5.74, 6) is -5.25. The maximum absolute atomic E-state index is 13.3.